The normalized spacial score (nSPS) is 17.3. The maximum atomic E-state index is 12.8. The monoisotopic (exact) mass is 466 g/mol. The zero-order valence-corrected chi connectivity index (χ0v) is 20.1. The van der Waals surface area contributed by atoms with E-state index in [1.165, 1.54) is 17.3 Å². The first-order valence-corrected chi connectivity index (χ1v) is 12.9. The maximum absolute atomic E-state index is 12.8. The van der Waals surface area contributed by atoms with Crippen LogP contribution in [0.3, 0.4) is 0 Å². The molecule has 0 spiro atoms. The van der Waals surface area contributed by atoms with Crippen LogP contribution >= 0.6 is 11.8 Å². The molecule has 6 nitrogen and oxygen atoms in total. The van der Waals surface area contributed by atoms with Gasteiger partial charge in [-0.15, -0.1) is 11.8 Å². The van der Waals surface area contributed by atoms with Gasteiger partial charge < -0.3 is 10.2 Å². The van der Waals surface area contributed by atoms with Crippen LogP contribution in [0.4, 0.5) is 0 Å². The lowest BCUT2D eigenvalue weighted by Crippen LogP contribution is -2.48. The molecule has 4 rings (SSSR count). The summed E-state index contributed by atoms with van der Waals surface area (Å²) < 4.78 is 0. The van der Waals surface area contributed by atoms with Gasteiger partial charge in [-0.25, -0.2) is 0 Å². The van der Waals surface area contributed by atoms with Crippen molar-refractivity contribution in [2.24, 2.45) is 0 Å². The topological polar surface area (TPSA) is 55.9 Å². The van der Waals surface area contributed by atoms with Gasteiger partial charge in [0.2, 0.25) is 5.91 Å². The predicted octanol–water partition coefficient (Wildman–Crippen LogP) is 2.95. The Morgan fingerprint density at radius 1 is 0.818 bits per heavy atom. The lowest BCUT2D eigenvalue weighted by atomic mass is 10.2. The van der Waals surface area contributed by atoms with Crippen molar-refractivity contribution in [3.05, 3.63) is 65.7 Å². The van der Waals surface area contributed by atoms with Gasteiger partial charge in [-0.1, -0.05) is 42.5 Å². The van der Waals surface area contributed by atoms with Crippen molar-refractivity contribution in [3.63, 3.8) is 0 Å². The molecule has 2 aliphatic rings. The molecule has 0 aromatic heterocycles. The van der Waals surface area contributed by atoms with Crippen LogP contribution in [0.5, 0.6) is 0 Å². The van der Waals surface area contributed by atoms with Crippen molar-refractivity contribution in [1.29, 1.82) is 0 Å². The molecule has 0 radical (unpaired) electrons. The second kappa shape index (κ2) is 12.2. The molecule has 0 aliphatic carbocycles. The average Bonchev–Trinajstić information content (AvgIpc) is 3.40. The summed E-state index contributed by atoms with van der Waals surface area (Å²) in [6.07, 6.45) is 2.19. The second-order valence-electron chi connectivity index (χ2n) is 8.73. The zero-order chi connectivity index (χ0) is 22.9. The molecular formula is C26H34N4O2S. The number of hydrogen-bond donors (Lipinski definition) is 1. The van der Waals surface area contributed by atoms with Gasteiger partial charge in [0.25, 0.3) is 5.91 Å². The van der Waals surface area contributed by atoms with E-state index in [9.17, 15) is 9.59 Å². The molecule has 0 bridgehead atoms. The predicted molar refractivity (Wildman–Crippen MR) is 133 cm³/mol. The van der Waals surface area contributed by atoms with E-state index >= 15 is 0 Å². The zero-order valence-electron chi connectivity index (χ0n) is 19.2. The summed E-state index contributed by atoms with van der Waals surface area (Å²) in [6, 6.07) is 18.2. The lowest BCUT2D eigenvalue weighted by molar-refractivity contribution is -0.127. The van der Waals surface area contributed by atoms with Gasteiger partial charge in [0.15, 0.2) is 0 Å². The maximum Gasteiger partial charge on any atom is 0.252 e. The standard InChI is InChI=1S/C26H34N4O2S/c31-25(30-13-6-7-14-30)21-33-24-11-5-4-10-23(24)26(32)27-12-15-28-16-18-29(19-17-28)20-22-8-2-1-3-9-22/h1-5,8-11H,6-7,12-21H2,(H,27,32). The van der Waals surface area contributed by atoms with E-state index in [-0.39, 0.29) is 11.8 Å². The first-order valence-electron chi connectivity index (χ1n) is 12.0. The molecule has 2 fully saturated rings. The molecule has 2 heterocycles. The third kappa shape index (κ3) is 7.06. The second-order valence-corrected chi connectivity index (χ2v) is 9.75. The number of carbonyl (C=O) groups excluding carboxylic acids is 2. The van der Waals surface area contributed by atoms with Crippen LogP contribution in [0.2, 0.25) is 0 Å². The molecule has 176 valence electrons. The Morgan fingerprint density at radius 3 is 2.24 bits per heavy atom. The Bertz CT molecular complexity index is 910. The minimum absolute atomic E-state index is 0.0607. The fourth-order valence-electron chi connectivity index (χ4n) is 4.41. The van der Waals surface area contributed by atoms with Crippen molar-refractivity contribution in [1.82, 2.24) is 20.0 Å². The Labute approximate surface area is 201 Å². The number of likely N-dealkylation sites (tertiary alicyclic amines) is 1. The Kier molecular flexibility index (Phi) is 8.80. The molecule has 7 heteroatoms. The number of thioether (sulfide) groups is 1. The molecule has 0 saturated carbocycles. The van der Waals surface area contributed by atoms with Crippen molar-refractivity contribution < 1.29 is 9.59 Å². The van der Waals surface area contributed by atoms with Crippen LogP contribution < -0.4 is 5.32 Å². The highest BCUT2D eigenvalue weighted by atomic mass is 32.2. The van der Waals surface area contributed by atoms with E-state index in [2.05, 4.69) is 45.4 Å². The quantitative estimate of drug-likeness (QED) is 0.576. The Morgan fingerprint density at radius 2 is 1.48 bits per heavy atom. The highest BCUT2D eigenvalue weighted by Gasteiger charge is 2.20. The van der Waals surface area contributed by atoms with Crippen LogP contribution in [-0.2, 0) is 11.3 Å². The summed E-state index contributed by atoms with van der Waals surface area (Å²) in [5.41, 5.74) is 2.02. The fourth-order valence-corrected chi connectivity index (χ4v) is 5.37. The summed E-state index contributed by atoms with van der Waals surface area (Å²) in [5, 5.41) is 3.08. The average molecular weight is 467 g/mol. The minimum atomic E-state index is -0.0607. The number of amides is 2. The molecule has 1 N–H and O–H groups in total. The third-order valence-electron chi connectivity index (χ3n) is 6.37. The van der Waals surface area contributed by atoms with Gasteiger partial charge in [-0.2, -0.15) is 0 Å². The minimum Gasteiger partial charge on any atom is -0.351 e. The number of nitrogens with zero attached hydrogens (tertiary/aromatic N) is 3. The van der Waals surface area contributed by atoms with Crippen LogP contribution in [0.1, 0.15) is 28.8 Å². The van der Waals surface area contributed by atoms with Gasteiger partial charge in [-0.05, 0) is 30.5 Å². The lowest BCUT2D eigenvalue weighted by Gasteiger charge is -2.34. The number of piperazine rings is 1. The van der Waals surface area contributed by atoms with E-state index in [0.717, 1.165) is 70.1 Å². The summed E-state index contributed by atoms with van der Waals surface area (Å²) in [6.45, 7) is 8.35. The van der Waals surface area contributed by atoms with Crippen molar-refractivity contribution in [2.45, 2.75) is 24.3 Å². The van der Waals surface area contributed by atoms with Crippen molar-refractivity contribution >= 4 is 23.6 Å². The summed E-state index contributed by atoms with van der Waals surface area (Å²) in [7, 11) is 0. The summed E-state index contributed by atoms with van der Waals surface area (Å²) in [5.74, 6) is 0.492. The van der Waals surface area contributed by atoms with Crippen LogP contribution in [0.25, 0.3) is 0 Å². The molecule has 0 unspecified atom stereocenters. The van der Waals surface area contributed by atoms with Crippen LogP contribution in [-0.4, -0.2) is 84.6 Å². The molecule has 0 atom stereocenters. The van der Waals surface area contributed by atoms with Crippen molar-refractivity contribution in [3.8, 4) is 0 Å². The first-order chi connectivity index (χ1) is 16.2. The summed E-state index contributed by atoms with van der Waals surface area (Å²) >= 11 is 1.46. The van der Waals surface area contributed by atoms with Gasteiger partial charge >= 0.3 is 0 Å². The third-order valence-corrected chi connectivity index (χ3v) is 7.43. The molecule has 33 heavy (non-hydrogen) atoms. The number of nitrogens with one attached hydrogen (secondary N) is 1. The molecular weight excluding hydrogens is 432 g/mol. The van der Waals surface area contributed by atoms with E-state index in [4.69, 9.17) is 0 Å². The first kappa shape index (κ1) is 23.8. The number of hydrogen-bond acceptors (Lipinski definition) is 5. The number of carbonyl (C=O) groups is 2. The molecule has 2 amide bonds. The number of benzene rings is 2. The van der Waals surface area contributed by atoms with E-state index in [1.54, 1.807) is 0 Å². The van der Waals surface area contributed by atoms with Crippen LogP contribution in [0, 0.1) is 0 Å². The Balaban J connectivity index is 1.18. The Hall–Kier alpha value is -2.35. The highest BCUT2D eigenvalue weighted by Crippen LogP contribution is 2.23. The van der Waals surface area contributed by atoms with E-state index in [1.807, 2.05) is 29.2 Å². The van der Waals surface area contributed by atoms with E-state index in [0.29, 0.717) is 17.9 Å². The molecule has 2 aliphatic heterocycles. The van der Waals surface area contributed by atoms with Gasteiger partial charge in [0.1, 0.15) is 0 Å². The van der Waals surface area contributed by atoms with Gasteiger partial charge in [0, 0.05) is 63.8 Å². The fraction of sp³-hybridized carbons (Fsp3) is 0.462. The van der Waals surface area contributed by atoms with Crippen LogP contribution in [0.15, 0.2) is 59.5 Å². The molecule has 2 aromatic carbocycles. The van der Waals surface area contributed by atoms with Gasteiger partial charge in [0.05, 0.1) is 11.3 Å². The summed E-state index contributed by atoms with van der Waals surface area (Å²) in [4.78, 5) is 32.9. The van der Waals surface area contributed by atoms with Crippen molar-refractivity contribution in [2.75, 3.05) is 58.1 Å². The smallest absolute Gasteiger partial charge is 0.252 e. The largest absolute Gasteiger partial charge is 0.351 e. The molecule has 2 aromatic rings. The van der Waals surface area contributed by atoms with Gasteiger partial charge in [-0.3, -0.25) is 19.4 Å². The number of rotatable bonds is 9. The van der Waals surface area contributed by atoms with E-state index < -0.39 is 0 Å². The molecule has 2 saturated heterocycles. The highest BCUT2D eigenvalue weighted by molar-refractivity contribution is 8.00. The SMILES string of the molecule is O=C(NCCN1CCN(Cc2ccccc2)CC1)c1ccccc1SCC(=O)N1CCCC1.